The number of ether oxygens (including phenoxy) is 2. The van der Waals surface area contributed by atoms with E-state index in [0.717, 1.165) is 0 Å². The van der Waals surface area contributed by atoms with Gasteiger partial charge in [-0.1, -0.05) is 23.7 Å². The largest absolute Gasteiger partial charge is 0.496 e. The fraction of sp³-hybridized carbons (Fsp3) is 0.200. The van der Waals surface area contributed by atoms with Crippen molar-refractivity contribution < 1.29 is 23.4 Å². The first-order chi connectivity index (χ1) is 10.0. The Morgan fingerprint density at radius 1 is 1.10 bits per heavy atom. The first kappa shape index (κ1) is 15.5. The van der Waals surface area contributed by atoms with E-state index in [1.54, 1.807) is 18.2 Å². The molecular weight excluding hydrogens is 302 g/mol. The quantitative estimate of drug-likeness (QED) is 0.905. The van der Waals surface area contributed by atoms with Crippen LogP contribution < -0.4 is 9.47 Å². The third-order valence-electron chi connectivity index (χ3n) is 2.91. The smallest absolute Gasteiger partial charge is 0.387 e. The molecule has 2 rings (SSSR count). The summed E-state index contributed by atoms with van der Waals surface area (Å²) >= 11 is 5.92. The highest BCUT2D eigenvalue weighted by Gasteiger charge is 2.16. The Kier molecular flexibility index (Phi) is 4.98. The molecule has 0 saturated carbocycles. The van der Waals surface area contributed by atoms with Crippen LogP contribution in [0.2, 0.25) is 5.02 Å². The standard InChI is InChI=1S/C15H13ClF2O3/c1-20-13-7-4-10(16)8-12(13)14(19)9-2-5-11(6-3-9)21-15(17)18/h2-8,14-15,19H,1H3. The second-order valence-electron chi connectivity index (χ2n) is 4.24. The van der Waals surface area contributed by atoms with Crippen molar-refractivity contribution in [3.05, 3.63) is 58.6 Å². The van der Waals surface area contributed by atoms with Gasteiger partial charge in [-0.15, -0.1) is 0 Å². The normalized spacial score (nSPS) is 12.3. The number of benzene rings is 2. The summed E-state index contributed by atoms with van der Waals surface area (Å²) in [6.45, 7) is -2.88. The molecule has 6 heteroatoms. The second-order valence-corrected chi connectivity index (χ2v) is 4.67. The summed E-state index contributed by atoms with van der Waals surface area (Å²) in [4.78, 5) is 0. The van der Waals surface area contributed by atoms with Gasteiger partial charge in [-0.2, -0.15) is 8.78 Å². The molecule has 0 aliphatic heterocycles. The minimum absolute atomic E-state index is 0.0269. The molecule has 112 valence electrons. The van der Waals surface area contributed by atoms with Gasteiger partial charge in [0, 0.05) is 10.6 Å². The fourth-order valence-corrected chi connectivity index (χ4v) is 2.11. The number of methoxy groups -OCH3 is 1. The fourth-order valence-electron chi connectivity index (χ4n) is 1.93. The Balaban J connectivity index is 2.27. The van der Waals surface area contributed by atoms with Crippen molar-refractivity contribution in [2.45, 2.75) is 12.7 Å². The van der Waals surface area contributed by atoms with Crippen LogP contribution in [0.4, 0.5) is 8.78 Å². The first-order valence-corrected chi connectivity index (χ1v) is 6.45. The van der Waals surface area contributed by atoms with E-state index in [1.807, 2.05) is 0 Å². The summed E-state index contributed by atoms with van der Waals surface area (Å²) in [5.41, 5.74) is 1.00. The van der Waals surface area contributed by atoms with E-state index < -0.39 is 12.7 Å². The van der Waals surface area contributed by atoms with E-state index in [4.69, 9.17) is 16.3 Å². The molecule has 0 heterocycles. The van der Waals surface area contributed by atoms with E-state index in [0.29, 0.717) is 21.9 Å². The van der Waals surface area contributed by atoms with E-state index in [1.165, 1.54) is 31.4 Å². The molecule has 0 radical (unpaired) electrons. The molecule has 21 heavy (non-hydrogen) atoms. The maximum atomic E-state index is 12.1. The Bertz CT molecular complexity index is 602. The Morgan fingerprint density at radius 3 is 2.33 bits per heavy atom. The van der Waals surface area contributed by atoms with Gasteiger partial charge < -0.3 is 14.6 Å². The van der Waals surface area contributed by atoms with Crippen molar-refractivity contribution in [1.29, 1.82) is 0 Å². The van der Waals surface area contributed by atoms with Gasteiger partial charge >= 0.3 is 6.61 Å². The third-order valence-corrected chi connectivity index (χ3v) is 3.14. The van der Waals surface area contributed by atoms with Crippen LogP contribution in [0.15, 0.2) is 42.5 Å². The monoisotopic (exact) mass is 314 g/mol. The Hall–Kier alpha value is -1.85. The predicted octanol–water partition coefficient (Wildman–Crippen LogP) is 4.03. The molecule has 1 N–H and O–H groups in total. The predicted molar refractivity (Wildman–Crippen MR) is 75.1 cm³/mol. The maximum Gasteiger partial charge on any atom is 0.387 e. The van der Waals surface area contributed by atoms with Crippen molar-refractivity contribution >= 4 is 11.6 Å². The molecular formula is C15H13ClF2O3. The highest BCUT2D eigenvalue weighted by atomic mass is 35.5. The number of alkyl halides is 2. The highest BCUT2D eigenvalue weighted by molar-refractivity contribution is 6.30. The molecule has 0 aliphatic rings. The first-order valence-electron chi connectivity index (χ1n) is 6.07. The number of rotatable bonds is 5. The number of hydrogen-bond donors (Lipinski definition) is 1. The number of aliphatic hydroxyl groups is 1. The molecule has 0 aliphatic carbocycles. The third kappa shape index (κ3) is 3.83. The van der Waals surface area contributed by atoms with Crippen LogP contribution in [0.1, 0.15) is 17.2 Å². The summed E-state index contributed by atoms with van der Waals surface area (Å²) in [7, 11) is 1.49. The number of hydrogen-bond acceptors (Lipinski definition) is 3. The molecule has 0 fully saturated rings. The summed E-state index contributed by atoms with van der Waals surface area (Å²) in [6.07, 6.45) is -0.987. The number of aliphatic hydroxyl groups excluding tert-OH is 1. The van der Waals surface area contributed by atoms with Gasteiger partial charge in [0.15, 0.2) is 0 Å². The van der Waals surface area contributed by atoms with Crippen LogP contribution in [0, 0.1) is 0 Å². The average Bonchev–Trinajstić information content (AvgIpc) is 2.46. The van der Waals surface area contributed by atoms with E-state index in [9.17, 15) is 13.9 Å². The van der Waals surface area contributed by atoms with E-state index in [2.05, 4.69) is 4.74 Å². The lowest BCUT2D eigenvalue weighted by Crippen LogP contribution is -2.04. The van der Waals surface area contributed by atoms with Crippen molar-refractivity contribution in [2.24, 2.45) is 0 Å². The van der Waals surface area contributed by atoms with Gasteiger partial charge in [0.25, 0.3) is 0 Å². The minimum atomic E-state index is -2.88. The van der Waals surface area contributed by atoms with Crippen molar-refractivity contribution in [3.63, 3.8) is 0 Å². The van der Waals surface area contributed by atoms with Crippen LogP contribution in [-0.4, -0.2) is 18.8 Å². The van der Waals surface area contributed by atoms with Crippen LogP contribution in [-0.2, 0) is 0 Å². The summed E-state index contributed by atoms with van der Waals surface area (Å²) in [5.74, 6) is 0.513. The summed E-state index contributed by atoms with van der Waals surface area (Å²) < 4.78 is 33.6. The average molecular weight is 315 g/mol. The lowest BCUT2D eigenvalue weighted by atomic mass is 10.0. The Morgan fingerprint density at radius 2 is 1.76 bits per heavy atom. The molecule has 0 saturated heterocycles. The molecule has 2 aromatic rings. The molecule has 2 aromatic carbocycles. The molecule has 0 bridgehead atoms. The molecule has 1 unspecified atom stereocenters. The number of halogens is 3. The molecule has 0 aromatic heterocycles. The topological polar surface area (TPSA) is 38.7 Å². The van der Waals surface area contributed by atoms with Crippen molar-refractivity contribution in [2.75, 3.05) is 7.11 Å². The lowest BCUT2D eigenvalue weighted by Gasteiger charge is -2.16. The molecule has 3 nitrogen and oxygen atoms in total. The molecule has 0 amide bonds. The van der Waals surface area contributed by atoms with Gasteiger partial charge in [0.2, 0.25) is 0 Å². The van der Waals surface area contributed by atoms with Crippen molar-refractivity contribution in [1.82, 2.24) is 0 Å². The minimum Gasteiger partial charge on any atom is -0.496 e. The lowest BCUT2D eigenvalue weighted by molar-refractivity contribution is -0.0498. The van der Waals surface area contributed by atoms with Gasteiger partial charge in [0.1, 0.15) is 17.6 Å². The molecule has 0 spiro atoms. The second kappa shape index (κ2) is 6.74. The zero-order chi connectivity index (χ0) is 15.4. The highest BCUT2D eigenvalue weighted by Crippen LogP contribution is 2.32. The zero-order valence-electron chi connectivity index (χ0n) is 11.1. The molecule has 1 atom stereocenters. The summed E-state index contributed by atoms with van der Waals surface area (Å²) in [5, 5.41) is 10.8. The summed E-state index contributed by atoms with van der Waals surface area (Å²) in [6, 6.07) is 10.6. The van der Waals surface area contributed by atoms with Crippen LogP contribution in [0.25, 0.3) is 0 Å². The van der Waals surface area contributed by atoms with Crippen LogP contribution in [0.3, 0.4) is 0 Å². The van der Waals surface area contributed by atoms with E-state index >= 15 is 0 Å². The zero-order valence-corrected chi connectivity index (χ0v) is 11.8. The van der Waals surface area contributed by atoms with Gasteiger partial charge in [-0.25, -0.2) is 0 Å². The van der Waals surface area contributed by atoms with Gasteiger partial charge in [0.05, 0.1) is 7.11 Å². The van der Waals surface area contributed by atoms with E-state index in [-0.39, 0.29) is 5.75 Å². The van der Waals surface area contributed by atoms with Gasteiger partial charge in [-0.05, 0) is 35.9 Å². The Labute approximate surface area is 125 Å². The van der Waals surface area contributed by atoms with Gasteiger partial charge in [-0.3, -0.25) is 0 Å². The maximum absolute atomic E-state index is 12.1. The SMILES string of the molecule is COc1ccc(Cl)cc1C(O)c1ccc(OC(F)F)cc1. The van der Waals surface area contributed by atoms with Crippen LogP contribution in [0.5, 0.6) is 11.5 Å². The van der Waals surface area contributed by atoms with Crippen molar-refractivity contribution in [3.8, 4) is 11.5 Å². The van der Waals surface area contributed by atoms with Crippen LogP contribution >= 0.6 is 11.6 Å².